The zero-order valence-electron chi connectivity index (χ0n) is 11.2. The van der Waals surface area contributed by atoms with E-state index in [4.69, 9.17) is 28.9 Å². The van der Waals surface area contributed by atoms with Crippen LogP contribution < -0.4 is 5.73 Å². The zero-order valence-corrected chi connectivity index (χ0v) is 12.8. The molecule has 1 aromatic rings. The van der Waals surface area contributed by atoms with Crippen LogP contribution in [-0.2, 0) is 4.79 Å². The van der Waals surface area contributed by atoms with Gasteiger partial charge in [0.1, 0.15) is 0 Å². The van der Waals surface area contributed by atoms with Crippen LogP contribution in [0.4, 0.5) is 0 Å². The van der Waals surface area contributed by atoms with E-state index in [1.54, 1.807) is 6.07 Å². The van der Waals surface area contributed by atoms with Crippen LogP contribution in [0, 0.1) is 0 Å². The van der Waals surface area contributed by atoms with Gasteiger partial charge < -0.3 is 10.6 Å². The third-order valence-electron chi connectivity index (χ3n) is 4.51. The maximum absolute atomic E-state index is 12.6. The molecule has 3 nitrogen and oxygen atoms in total. The fourth-order valence-electron chi connectivity index (χ4n) is 3.13. The minimum Gasteiger partial charge on any atom is -0.334 e. The molecule has 1 saturated carbocycles. The zero-order chi connectivity index (χ0) is 14.3. The van der Waals surface area contributed by atoms with E-state index in [-0.39, 0.29) is 11.9 Å². The van der Waals surface area contributed by atoms with Gasteiger partial charge >= 0.3 is 0 Å². The van der Waals surface area contributed by atoms with E-state index in [9.17, 15) is 4.79 Å². The fourth-order valence-corrected chi connectivity index (χ4v) is 3.44. The average molecular weight is 313 g/mol. The molecule has 1 aliphatic carbocycles. The lowest BCUT2D eigenvalue weighted by molar-refractivity contribution is -0.141. The van der Waals surface area contributed by atoms with E-state index in [0.717, 1.165) is 44.2 Å². The summed E-state index contributed by atoms with van der Waals surface area (Å²) in [6.07, 6.45) is 4.62. The molecular weight excluding hydrogens is 295 g/mol. The summed E-state index contributed by atoms with van der Waals surface area (Å²) in [7, 11) is 0. The summed E-state index contributed by atoms with van der Waals surface area (Å²) in [6, 6.07) is 5.69. The van der Waals surface area contributed by atoms with Crippen molar-refractivity contribution in [2.45, 2.75) is 43.7 Å². The predicted molar refractivity (Wildman–Crippen MR) is 80.9 cm³/mol. The third-order valence-corrected chi connectivity index (χ3v) is 5.25. The number of likely N-dealkylation sites (tertiary alicyclic amines) is 1. The molecule has 5 heteroatoms. The number of nitrogens with zero attached hydrogens (tertiary/aromatic N) is 1. The molecule has 1 amide bonds. The molecule has 1 atom stereocenters. The number of halogens is 2. The first-order chi connectivity index (χ1) is 9.51. The molecule has 1 saturated heterocycles. The van der Waals surface area contributed by atoms with E-state index < -0.39 is 5.54 Å². The van der Waals surface area contributed by atoms with Gasteiger partial charge in [-0.25, -0.2) is 0 Å². The van der Waals surface area contributed by atoms with Crippen LogP contribution in [0.2, 0.25) is 10.0 Å². The molecule has 20 heavy (non-hydrogen) atoms. The molecule has 2 aliphatic rings. The topological polar surface area (TPSA) is 46.3 Å². The molecule has 2 N–H and O–H groups in total. The maximum Gasteiger partial charge on any atom is 0.243 e. The number of carbonyl (C=O) groups excluding carboxylic acids is 1. The largest absolute Gasteiger partial charge is 0.334 e. The Morgan fingerprint density at radius 2 is 2.00 bits per heavy atom. The summed E-state index contributed by atoms with van der Waals surface area (Å²) in [4.78, 5) is 14.6. The first-order valence-corrected chi connectivity index (χ1v) is 7.82. The predicted octanol–water partition coefficient (Wildman–Crippen LogP) is 3.54. The first kappa shape index (κ1) is 14.2. The highest BCUT2D eigenvalue weighted by atomic mass is 35.5. The van der Waals surface area contributed by atoms with Crippen LogP contribution in [0.3, 0.4) is 0 Å². The highest BCUT2D eigenvalue weighted by Gasteiger charge is 2.45. The van der Waals surface area contributed by atoms with Crippen LogP contribution in [0.1, 0.15) is 43.7 Å². The van der Waals surface area contributed by atoms with Crippen LogP contribution in [0.25, 0.3) is 0 Å². The third kappa shape index (κ3) is 2.32. The Morgan fingerprint density at radius 3 is 2.60 bits per heavy atom. The highest BCUT2D eigenvalue weighted by Crippen LogP contribution is 2.39. The SMILES string of the molecule is NC1(C(=O)N2CCCC2c2ccc(Cl)c(Cl)c2)CCC1. The number of amides is 1. The molecule has 108 valence electrons. The van der Waals surface area contributed by atoms with Crippen LogP contribution in [-0.4, -0.2) is 22.9 Å². The Hall–Kier alpha value is -0.770. The Morgan fingerprint density at radius 1 is 1.25 bits per heavy atom. The van der Waals surface area contributed by atoms with E-state index in [2.05, 4.69) is 0 Å². The maximum atomic E-state index is 12.6. The van der Waals surface area contributed by atoms with E-state index in [1.807, 2.05) is 17.0 Å². The van der Waals surface area contributed by atoms with Crippen molar-refractivity contribution in [3.8, 4) is 0 Å². The highest BCUT2D eigenvalue weighted by molar-refractivity contribution is 6.42. The van der Waals surface area contributed by atoms with E-state index >= 15 is 0 Å². The molecule has 1 heterocycles. The number of nitrogens with two attached hydrogens (primary N) is 1. The van der Waals surface area contributed by atoms with Gasteiger partial charge in [-0.05, 0) is 49.8 Å². The van der Waals surface area contributed by atoms with Crippen molar-refractivity contribution < 1.29 is 4.79 Å². The summed E-state index contributed by atoms with van der Waals surface area (Å²) in [5.74, 6) is 0.0947. The monoisotopic (exact) mass is 312 g/mol. The second-order valence-electron chi connectivity index (χ2n) is 5.84. The lowest BCUT2D eigenvalue weighted by atomic mass is 9.76. The minimum atomic E-state index is -0.626. The van der Waals surface area contributed by atoms with E-state index in [0.29, 0.717) is 10.0 Å². The van der Waals surface area contributed by atoms with Gasteiger partial charge in [-0.3, -0.25) is 4.79 Å². The molecular formula is C15H18Cl2N2O. The second kappa shape index (κ2) is 5.21. The summed E-state index contributed by atoms with van der Waals surface area (Å²) >= 11 is 12.0. The van der Waals surface area contributed by atoms with Gasteiger partial charge in [-0.1, -0.05) is 29.3 Å². The second-order valence-corrected chi connectivity index (χ2v) is 6.65. The van der Waals surface area contributed by atoms with Crippen molar-refractivity contribution in [3.05, 3.63) is 33.8 Å². The van der Waals surface area contributed by atoms with Gasteiger partial charge in [-0.2, -0.15) is 0 Å². The van der Waals surface area contributed by atoms with Gasteiger partial charge in [0.15, 0.2) is 0 Å². The van der Waals surface area contributed by atoms with Gasteiger partial charge in [0.05, 0.1) is 21.6 Å². The molecule has 3 rings (SSSR count). The summed E-state index contributed by atoms with van der Waals surface area (Å²) in [5.41, 5.74) is 6.61. The van der Waals surface area contributed by atoms with Crippen molar-refractivity contribution in [2.24, 2.45) is 5.73 Å². The Labute approximate surface area is 129 Å². The number of benzene rings is 1. The molecule has 0 bridgehead atoms. The first-order valence-electron chi connectivity index (χ1n) is 7.06. The Balaban J connectivity index is 1.85. The van der Waals surface area contributed by atoms with Crippen molar-refractivity contribution in [3.63, 3.8) is 0 Å². The van der Waals surface area contributed by atoms with Crippen molar-refractivity contribution in [1.29, 1.82) is 0 Å². The van der Waals surface area contributed by atoms with Crippen LogP contribution in [0.15, 0.2) is 18.2 Å². The molecule has 1 aliphatic heterocycles. The molecule has 1 unspecified atom stereocenters. The standard InChI is InChI=1S/C15H18Cl2N2O/c16-11-5-4-10(9-12(11)17)13-3-1-8-19(13)14(20)15(18)6-2-7-15/h4-5,9,13H,1-3,6-8,18H2. The number of hydrogen-bond acceptors (Lipinski definition) is 2. The molecule has 0 radical (unpaired) electrons. The number of carbonyl (C=O) groups is 1. The van der Waals surface area contributed by atoms with Gasteiger partial charge in [-0.15, -0.1) is 0 Å². The van der Waals surface area contributed by atoms with Gasteiger partial charge in [0.2, 0.25) is 5.91 Å². The van der Waals surface area contributed by atoms with Crippen molar-refractivity contribution in [2.75, 3.05) is 6.54 Å². The normalized spacial score (nSPS) is 24.6. The van der Waals surface area contributed by atoms with Gasteiger partial charge in [0, 0.05) is 6.54 Å². The number of hydrogen-bond donors (Lipinski definition) is 1. The summed E-state index contributed by atoms with van der Waals surface area (Å²) in [5, 5.41) is 1.08. The molecule has 1 aromatic carbocycles. The fraction of sp³-hybridized carbons (Fsp3) is 0.533. The Kier molecular flexibility index (Phi) is 3.69. The van der Waals surface area contributed by atoms with Crippen LogP contribution in [0.5, 0.6) is 0 Å². The molecule has 0 aromatic heterocycles. The molecule has 0 spiro atoms. The lowest BCUT2D eigenvalue weighted by Crippen LogP contribution is -2.59. The van der Waals surface area contributed by atoms with Crippen molar-refractivity contribution in [1.82, 2.24) is 4.90 Å². The Bertz CT molecular complexity index is 543. The average Bonchev–Trinajstić information content (AvgIpc) is 2.87. The van der Waals surface area contributed by atoms with Crippen LogP contribution >= 0.6 is 23.2 Å². The summed E-state index contributed by atoms with van der Waals surface area (Å²) in [6.45, 7) is 0.780. The number of rotatable bonds is 2. The minimum absolute atomic E-state index is 0.0818. The summed E-state index contributed by atoms with van der Waals surface area (Å²) < 4.78 is 0. The lowest BCUT2D eigenvalue weighted by Gasteiger charge is -2.41. The quantitative estimate of drug-likeness (QED) is 0.908. The smallest absolute Gasteiger partial charge is 0.243 e. The molecule has 2 fully saturated rings. The van der Waals surface area contributed by atoms with Gasteiger partial charge in [0.25, 0.3) is 0 Å². The van der Waals surface area contributed by atoms with E-state index in [1.165, 1.54) is 0 Å². The van der Waals surface area contributed by atoms with Crippen molar-refractivity contribution >= 4 is 29.1 Å².